The van der Waals surface area contributed by atoms with Crippen LogP contribution in [0.2, 0.25) is 0 Å². The molecule has 0 aromatic carbocycles. The SMILES string of the molecule is C=C[C@H]1O[C@@H]2SC(NC(=O)OC(C)(C)C)=N[C@@H]2[C@@H](C)[C@@H]1O. The Morgan fingerprint density at radius 3 is 2.81 bits per heavy atom. The van der Waals surface area contributed by atoms with Gasteiger partial charge in [-0.2, -0.15) is 0 Å². The third-order valence-electron chi connectivity index (χ3n) is 3.32. The number of rotatable bonds is 1. The van der Waals surface area contributed by atoms with Crippen LogP contribution >= 0.6 is 11.8 Å². The normalized spacial score (nSPS) is 35.7. The van der Waals surface area contributed by atoms with E-state index < -0.39 is 23.9 Å². The molecule has 0 radical (unpaired) electrons. The first-order valence-electron chi connectivity index (χ1n) is 6.92. The van der Waals surface area contributed by atoms with Crippen LogP contribution in [0.3, 0.4) is 0 Å². The largest absolute Gasteiger partial charge is 0.444 e. The molecule has 1 saturated heterocycles. The van der Waals surface area contributed by atoms with Gasteiger partial charge in [0.1, 0.15) is 17.1 Å². The summed E-state index contributed by atoms with van der Waals surface area (Å²) in [4.78, 5) is 16.2. The van der Waals surface area contributed by atoms with Crippen molar-refractivity contribution in [1.29, 1.82) is 0 Å². The van der Waals surface area contributed by atoms with Crippen molar-refractivity contribution in [3.63, 3.8) is 0 Å². The maximum atomic E-state index is 11.8. The quantitative estimate of drug-likeness (QED) is 0.723. The maximum Gasteiger partial charge on any atom is 0.413 e. The fourth-order valence-corrected chi connectivity index (χ4v) is 3.44. The molecule has 2 aliphatic heterocycles. The van der Waals surface area contributed by atoms with Crippen LogP contribution in [0.5, 0.6) is 0 Å². The fourth-order valence-electron chi connectivity index (χ4n) is 2.26. The van der Waals surface area contributed by atoms with Gasteiger partial charge in [0.05, 0.1) is 12.1 Å². The van der Waals surface area contributed by atoms with Crippen LogP contribution in [0, 0.1) is 5.92 Å². The van der Waals surface area contributed by atoms with Crippen molar-refractivity contribution in [3.05, 3.63) is 12.7 Å². The number of alkyl carbamates (subject to hydrolysis) is 1. The molecule has 6 nitrogen and oxygen atoms in total. The molecule has 5 atom stereocenters. The van der Waals surface area contributed by atoms with Gasteiger partial charge in [-0.1, -0.05) is 24.8 Å². The molecule has 0 aromatic rings. The summed E-state index contributed by atoms with van der Waals surface area (Å²) in [5.74, 6) is -0.0720. The second-order valence-corrected chi connectivity index (χ2v) is 7.31. The van der Waals surface area contributed by atoms with Gasteiger partial charge in [0.2, 0.25) is 0 Å². The Morgan fingerprint density at radius 2 is 2.24 bits per heavy atom. The zero-order chi connectivity index (χ0) is 15.8. The number of fused-ring (bicyclic) bond motifs is 1. The number of ether oxygens (including phenoxy) is 2. The van der Waals surface area contributed by atoms with Crippen LogP contribution in [-0.2, 0) is 9.47 Å². The average molecular weight is 314 g/mol. The van der Waals surface area contributed by atoms with Gasteiger partial charge in [0.15, 0.2) is 5.17 Å². The number of hydrogen-bond acceptors (Lipinski definition) is 6. The fraction of sp³-hybridized carbons (Fsp3) is 0.714. The van der Waals surface area contributed by atoms with Gasteiger partial charge in [-0.05, 0) is 20.8 Å². The van der Waals surface area contributed by atoms with Crippen LogP contribution in [0.1, 0.15) is 27.7 Å². The van der Waals surface area contributed by atoms with E-state index in [9.17, 15) is 9.90 Å². The summed E-state index contributed by atoms with van der Waals surface area (Å²) in [6.45, 7) is 11.0. The lowest BCUT2D eigenvalue weighted by Gasteiger charge is -2.37. The van der Waals surface area contributed by atoms with E-state index in [4.69, 9.17) is 9.47 Å². The molecule has 2 rings (SSSR count). The van der Waals surface area contributed by atoms with Gasteiger partial charge in [-0.3, -0.25) is 10.3 Å². The number of thioether (sulfide) groups is 1. The Balaban J connectivity index is 2.00. The summed E-state index contributed by atoms with van der Waals surface area (Å²) in [5.41, 5.74) is -0.787. The van der Waals surface area contributed by atoms with Crippen LogP contribution in [0.4, 0.5) is 4.79 Å². The molecular weight excluding hydrogens is 292 g/mol. The lowest BCUT2D eigenvalue weighted by atomic mass is 9.90. The third-order valence-corrected chi connectivity index (χ3v) is 4.37. The van der Waals surface area contributed by atoms with Gasteiger partial charge >= 0.3 is 6.09 Å². The van der Waals surface area contributed by atoms with Crippen molar-refractivity contribution in [3.8, 4) is 0 Å². The number of nitrogens with zero attached hydrogens (tertiary/aromatic N) is 1. The highest BCUT2D eigenvalue weighted by molar-refractivity contribution is 8.14. The third kappa shape index (κ3) is 3.78. The molecule has 0 aliphatic carbocycles. The lowest BCUT2D eigenvalue weighted by Crippen LogP contribution is -2.49. The molecule has 2 aliphatic rings. The summed E-state index contributed by atoms with van der Waals surface area (Å²) in [5, 5.41) is 13.2. The molecule has 2 heterocycles. The van der Waals surface area contributed by atoms with Crippen molar-refractivity contribution in [2.75, 3.05) is 0 Å². The minimum absolute atomic E-state index is 0.0720. The van der Waals surface area contributed by atoms with E-state index in [2.05, 4.69) is 16.9 Å². The molecule has 1 amide bonds. The van der Waals surface area contributed by atoms with E-state index in [0.29, 0.717) is 5.17 Å². The first-order valence-corrected chi connectivity index (χ1v) is 7.80. The summed E-state index contributed by atoms with van der Waals surface area (Å²) in [7, 11) is 0. The molecule has 1 fully saturated rings. The summed E-state index contributed by atoms with van der Waals surface area (Å²) >= 11 is 1.33. The smallest absolute Gasteiger partial charge is 0.413 e. The van der Waals surface area contributed by atoms with Gasteiger partial charge in [-0.15, -0.1) is 6.58 Å². The summed E-state index contributed by atoms with van der Waals surface area (Å²) < 4.78 is 10.9. The highest BCUT2D eigenvalue weighted by Crippen LogP contribution is 2.38. The number of amides is 1. The van der Waals surface area contributed by atoms with Crippen molar-refractivity contribution in [2.24, 2.45) is 10.9 Å². The van der Waals surface area contributed by atoms with Crippen LogP contribution in [-0.4, -0.2) is 45.7 Å². The van der Waals surface area contributed by atoms with Crippen molar-refractivity contribution in [2.45, 2.75) is 57.0 Å². The number of aliphatic imine (C=N–C) groups is 1. The first kappa shape index (κ1) is 16.3. The average Bonchev–Trinajstić information content (AvgIpc) is 2.74. The van der Waals surface area contributed by atoms with Crippen molar-refractivity contribution in [1.82, 2.24) is 5.32 Å². The molecule has 0 aromatic heterocycles. The Morgan fingerprint density at radius 1 is 1.57 bits per heavy atom. The van der Waals surface area contributed by atoms with Gasteiger partial charge in [0.25, 0.3) is 0 Å². The molecule has 0 saturated carbocycles. The minimum atomic E-state index is -0.644. The highest BCUT2D eigenvalue weighted by atomic mass is 32.2. The molecular formula is C14H22N2O4S. The predicted molar refractivity (Wildman–Crippen MR) is 82.2 cm³/mol. The number of aliphatic hydroxyl groups is 1. The molecule has 0 unspecified atom stereocenters. The van der Waals surface area contributed by atoms with Crippen molar-refractivity contribution >= 4 is 23.0 Å². The van der Waals surface area contributed by atoms with Crippen LogP contribution < -0.4 is 5.32 Å². The van der Waals surface area contributed by atoms with E-state index in [-0.39, 0.29) is 17.4 Å². The Hall–Kier alpha value is -1.05. The van der Waals surface area contributed by atoms with Crippen molar-refractivity contribution < 1.29 is 19.4 Å². The minimum Gasteiger partial charge on any atom is -0.444 e. The van der Waals surface area contributed by atoms with E-state index in [1.807, 2.05) is 6.92 Å². The Kier molecular flexibility index (Phi) is 4.65. The molecule has 0 spiro atoms. The van der Waals surface area contributed by atoms with Crippen LogP contribution in [0.25, 0.3) is 0 Å². The first-order chi connectivity index (χ1) is 9.71. The Labute approximate surface area is 129 Å². The van der Waals surface area contributed by atoms with E-state index in [1.54, 1.807) is 26.8 Å². The number of aliphatic hydroxyl groups excluding tert-OH is 1. The molecule has 7 heteroatoms. The molecule has 0 bridgehead atoms. The number of nitrogens with one attached hydrogen (secondary N) is 1. The van der Waals surface area contributed by atoms with E-state index in [0.717, 1.165) is 0 Å². The molecule has 2 N–H and O–H groups in total. The standard InChI is InChI=1S/C14H22N2O4S/c1-6-8-10(17)7(2)9-11(19-8)21-12(15-9)16-13(18)20-14(3,4)5/h6-11,17H,1H2,2-5H3,(H,15,16,18)/t7-,8-,9-,10+,11-/m1/s1. The lowest BCUT2D eigenvalue weighted by molar-refractivity contribution is -0.0981. The predicted octanol–water partition coefficient (Wildman–Crippen LogP) is 1.89. The Bertz CT molecular complexity index is 460. The number of carbonyl (C=O) groups excluding carboxylic acids is 1. The second kappa shape index (κ2) is 5.98. The van der Waals surface area contributed by atoms with E-state index in [1.165, 1.54) is 11.8 Å². The van der Waals surface area contributed by atoms with Gasteiger partial charge < -0.3 is 14.6 Å². The molecule has 21 heavy (non-hydrogen) atoms. The van der Waals surface area contributed by atoms with Gasteiger partial charge in [0, 0.05) is 5.92 Å². The number of amidine groups is 1. The zero-order valence-electron chi connectivity index (χ0n) is 12.7. The number of hydrogen-bond donors (Lipinski definition) is 2. The maximum absolute atomic E-state index is 11.8. The number of carbonyl (C=O) groups is 1. The highest BCUT2D eigenvalue weighted by Gasteiger charge is 2.46. The van der Waals surface area contributed by atoms with Crippen LogP contribution in [0.15, 0.2) is 17.6 Å². The summed E-state index contributed by atoms with van der Waals surface area (Å²) in [6, 6.07) is -0.189. The monoisotopic (exact) mass is 314 g/mol. The summed E-state index contributed by atoms with van der Waals surface area (Å²) in [6.07, 6.45) is -0.00305. The topological polar surface area (TPSA) is 80.2 Å². The molecule has 118 valence electrons. The van der Waals surface area contributed by atoms with E-state index >= 15 is 0 Å². The van der Waals surface area contributed by atoms with Gasteiger partial charge in [-0.25, -0.2) is 4.79 Å². The second-order valence-electron chi connectivity index (χ2n) is 6.22. The zero-order valence-corrected chi connectivity index (χ0v) is 13.5.